The summed E-state index contributed by atoms with van der Waals surface area (Å²) in [6.07, 6.45) is 6.51. The van der Waals surface area contributed by atoms with Crippen LogP contribution >= 0.6 is 0 Å². The number of benzene rings is 1. The molecule has 1 aliphatic carbocycles. The van der Waals surface area contributed by atoms with Crippen LogP contribution in [0.4, 0.5) is 16.2 Å². The van der Waals surface area contributed by atoms with Crippen molar-refractivity contribution < 1.29 is 14.3 Å². The van der Waals surface area contributed by atoms with Gasteiger partial charge in [-0.25, -0.2) is 4.79 Å². The Labute approximate surface area is 123 Å². The molecule has 0 saturated carbocycles. The first-order chi connectivity index (χ1) is 10.2. The number of nitrogens with one attached hydrogen (secondary N) is 1. The molecule has 5 heteroatoms. The highest BCUT2D eigenvalue weighted by Crippen LogP contribution is 2.24. The topological polar surface area (TPSA) is 58.6 Å². The molecular formula is C16H18N2O3. The van der Waals surface area contributed by atoms with E-state index in [-0.39, 0.29) is 12.0 Å². The average molecular weight is 286 g/mol. The third-order valence-electron chi connectivity index (χ3n) is 3.76. The van der Waals surface area contributed by atoms with Crippen molar-refractivity contribution in [3.63, 3.8) is 0 Å². The number of anilines is 2. The fourth-order valence-corrected chi connectivity index (χ4v) is 2.69. The Morgan fingerprint density at radius 1 is 1.43 bits per heavy atom. The maximum absolute atomic E-state index is 12.0. The molecule has 2 aliphatic rings. The van der Waals surface area contributed by atoms with E-state index in [0.717, 1.165) is 18.5 Å². The van der Waals surface area contributed by atoms with Crippen LogP contribution in [-0.4, -0.2) is 25.2 Å². The number of allylic oxidation sites excluding steroid dienone is 2. The maximum Gasteiger partial charge on any atom is 0.414 e. The molecule has 1 saturated heterocycles. The molecule has 0 aromatic heterocycles. The second kappa shape index (κ2) is 5.99. The first-order valence-corrected chi connectivity index (χ1v) is 7.23. The Morgan fingerprint density at radius 2 is 2.33 bits per heavy atom. The van der Waals surface area contributed by atoms with Crippen LogP contribution in [0.1, 0.15) is 19.3 Å². The molecule has 5 nitrogen and oxygen atoms in total. The summed E-state index contributed by atoms with van der Waals surface area (Å²) in [5, 5.41) is 2.90. The van der Waals surface area contributed by atoms with Gasteiger partial charge in [0.2, 0.25) is 5.91 Å². The van der Waals surface area contributed by atoms with E-state index in [2.05, 4.69) is 17.5 Å². The molecule has 0 unspecified atom stereocenters. The number of ether oxygens (including phenoxy) is 1. The van der Waals surface area contributed by atoms with Gasteiger partial charge in [-0.3, -0.25) is 9.69 Å². The second-order valence-electron chi connectivity index (χ2n) is 5.33. The van der Waals surface area contributed by atoms with Crippen LogP contribution in [0.3, 0.4) is 0 Å². The predicted octanol–water partition coefficient (Wildman–Crippen LogP) is 2.94. The lowest BCUT2D eigenvalue weighted by Gasteiger charge is -2.14. The Kier molecular flexibility index (Phi) is 3.90. The molecule has 1 heterocycles. The standard InChI is InChI=1S/C16H18N2O3/c19-15(10-12-4-1-2-5-12)17-13-6-3-7-14(11-13)18-8-9-21-16(18)20/h1,3-4,6-7,11-12H,2,5,8-10H2,(H,17,19)/t12-/m1/s1. The van der Waals surface area contributed by atoms with E-state index in [1.807, 2.05) is 18.2 Å². The molecule has 110 valence electrons. The van der Waals surface area contributed by atoms with Crippen molar-refractivity contribution in [1.82, 2.24) is 0 Å². The van der Waals surface area contributed by atoms with Crippen molar-refractivity contribution in [2.75, 3.05) is 23.4 Å². The van der Waals surface area contributed by atoms with Gasteiger partial charge in [0.1, 0.15) is 6.61 Å². The van der Waals surface area contributed by atoms with Gasteiger partial charge in [-0.05, 0) is 37.0 Å². The molecule has 1 aromatic carbocycles. The maximum atomic E-state index is 12.0. The molecule has 1 N–H and O–H groups in total. The number of hydrogen-bond donors (Lipinski definition) is 1. The number of carbonyl (C=O) groups is 2. The van der Waals surface area contributed by atoms with Crippen LogP contribution in [0.2, 0.25) is 0 Å². The summed E-state index contributed by atoms with van der Waals surface area (Å²) in [6, 6.07) is 7.29. The van der Waals surface area contributed by atoms with E-state index >= 15 is 0 Å². The third kappa shape index (κ3) is 3.24. The van der Waals surface area contributed by atoms with Crippen LogP contribution in [0.15, 0.2) is 36.4 Å². The summed E-state index contributed by atoms with van der Waals surface area (Å²) in [6.45, 7) is 0.951. The van der Waals surface area contributed by atoms with Crippen molar-refractivity contribution in [2.45, 2.75) is 19.3 Å². The van der Waals surface area contributed by atoms with E-state index in [1.54, 1.807) is 11.0 Å². The lowest BCUT2D eigenvalue weighted by Crippen LogP contribution is -2.23. The van der Waals surface area contributed by atoms with E-state index < -0.39 is 0 Å². The van der Waals surface area contributed by atoms with Crippen molar-refractivity contribution in [2.24, 2.45) is 5.92 Å². The van der Waals surface area contributed by atoms with Gasteiger partial charge in [-0.1, -0.05) is 18.2 Å². The van der Waals surface area contributed by atoms with Gasteiger partial charge in [0.15, 0.2) is 0 Å². The van der Waals surface area contributed by atoms with Gasteiger partial charge in [-0.15, -0.1) is 0 Å². The van der Waals surface area contributed by atoms with Crippen LogP contribution in [-0.2, 0) is 9.53 Å². The first-order valence-electron chi connectivity index (χ1n) is 7.23. The first kappa shape index (κ1) is 13.7. The zero-order valence-corrected chi connectivity index (χ0v) is 11.7. The number of carbonyl (C=O) groups excluding carboxylic acids is 2. The molecule has 0 spiro atoms. The van der Waals surface area contributed by atoms with Gasteiger partial charge in [-0.2, -0.15) is 0 Å². The van der Waals surface area contributed by atoms with E-state index in [4.69, 9.17) is 4.74 Å². The normalized spacial score (nSPS) is 20.7. The third-order valence-corrected chi connectivity index (χ3v) is 3.76. The SMILES string of the molecule is O=C(C[C@@H]1C=CCC1)Nc1cccc(N2CCOC2=O)c1. The minimum Gasteiger partial charge on any atom is -0.447 e. The lowest BCUT2D eigenvalue weighted by molar-refractivity contribution is -0.116. The molecule has 1 aromatic rings. The molecule has 1 atom stereocenters. The van der Waals surface area contributed by atoms with Gasteiger partial charge in [0, 0.05) is 17.8 Å². The Bertz CT molecular complexity index is 583. The van der Waals surface area contributed by atoms with Gasteiger partial charge >= 0.3 is 6.09 Å². The minimum absolute atomic E-state index is 0.00713. The summed E-state index contributed by atoms with van der Waals surface area (Å²) >= 11 is 0. The number of rotatable bonds is 4. The highest BCUT2D eigenvalue weighted by molar-refractivity contribution is 5.93. The van der Waals surface area contributed by atoms with E-state index in [0.29, 0.717) is 31.2 Å². The highest BCUT2D eigenvalue weighted by atomic mass is 16.6. The quantitative estimate of drug-likeness (QED) is 0.866. The Morgan fingerprint density at radius 3 is 3.05 bits per heavy atom. The lowest BCUT2D eigenvalue weighted by atomic mass is 10.1. The molecular weight excluding hydrogens is 268 g/mol. The summed E-state index contributed by atoms with van der Waals surface area (Å²) in [5.41, 5.74) is 1.45. The molecule has 1 fully saturated rings. The zero-order valence-electron chi connectivity index (χ0n) is 11.7. The monoisotopic (exact) mass is 286 g/mol. The van der Waals surface area contributed by atoms with Crippen LogP contribution < -0.4 is 10.2 Å². The minimum atomic E-state index is -0.338. The van der Waals surface area contributed by atoms with E-state index in [9.17, 15) is 9.59 Å². The summed E-state index contributed by atoms with van der Waals surface area (Å²) < 4.78 is 4.92. The highest BCUT2D eigenvalue weighted by Gasteiger charge is 2.23. The predicted molar refractivity (Wildman–Crippen MR) is 80.2 cm³/mol. The molecule has 1 aliphatic heterocycles. The Hall–Kier alpha value is -2.30. The van der Waals surface area contributed by atoms with Gasteiger partial charge < -0.3 is 10.1 Å². The van der Waals surface area contributed by atoms with Crippen LogP contribution in [0, 0.1) is 5.92 Å². The number of amides is 2. The second-order valence-corrected chi connectivity index (χ2v) is 5.33. The molecule has 3 rings (SSSR count). The van der Waals surface area contributed by atoms with E-state index in [1.165, 1.54) is 0 Å². The largest absolute Gasteiger partial charge is 0.447 e. The smallest absolute Gasteiger partial charge is 0.414 e. The summed E-state index contributed by atoms with van der Waals surface area (Å²) in [5.74, 6) is 0.356. The molecule has 21 heavy (non-hydrogen) atoms. The van der Waals surface area contributed by atoms with Crippen molar-refractivity contribution in [1.29, 1.82) is 0 Å². The average Bonchev–Trinajstić information content (AvgIpc) is 3.10. The van der Waals surface area contributed by atoms with Crippen molar-refractivity contribution in [3.05, 3.63) is 36.4 Å². The fraction of sp³-hybridized carbons (Fsp3) is 0.375. The molecule has 0 radical (unpaired) electrons. The van der Waals surface area contributed by atoms with Crippen molar-refractivity contribution >= 4 is 23.4 Å². The number of hydrogen-bond acceptors (Lipinski definition) is 3. The van der Waals surface area contributed by atoms with Gasteiger partial charge in [0.05, 0.1) is 6.54 Å². The number of cyclic esters (lactones) is 1. The summed E-state index contributed by atoms with van der Waals surface area (Å²) in [7, 11) is 0. The van der Waals surface area contributed by atoms with Crippen LogP contribution in [0.25, 0.3) is 0 Å². The zero-order chi connectivity index (χ0) is 14.7. The number of nitrogens with zero attached hydrogens (tertiary/aromatic N) is 1. The van der Waals surface area contributed by atoms with Gasteiger partial charge in [0.25, 0.3) is 0 Å². The fourth-order valence-electron chi connectivity index (χ4n) is 2.69. The van der Waals surface area contributed by atoms with Crippen LogP contribution in [0.5, 0.6) is 0 Å². The molecule has 0 bridgehead atoms. The van der Waals surface area contributed by atoms with Crippen molar-refractivity contribution in [3.8, 4) is 0 Å². The summed E-state index contributed by atoms with van der Waals surface area (Å²) in [4.78, 5) is 25.1. The molecule has 2 amide bonds. The Balaban J connectivity index is 1.64.